The van der Waals surface area contributed by atoms with Crippen LogP contribution in [0.4, 0.5) is 0 Å². The highest BCUT2D eigenvalue weighted by atomic mass is 14.6. The molecule has 0 aliphatic carbocycles. The number of nitrogens with two attached hydrogens (primary N) is 1. The molecule has 0 aliphatic rings. The Kier molecular flexibility index (Phi) is 56.7. The molecule has 2 unspecified atom stereocenters. The Balaban J connectivity index is -0.000000321. The Morgan fingerprint density at radius 3 is 1.49 bits per heavy atom. The maximum Gasteiger partial charge on any atom is 0.0351 e. The highest BCUT2D eigenvalue weighted by Crippen LogP contribution is 2.38. The maximum atomic E-state index is 8.20. The molecule has 68 heavy (non-hydrogen) atoms. The van der Waals surface area contributed by atoms with Gasteiger partial charge >= 0.3 is 0 Å². The Labute approximate surface area is 423 Å². The first kappa shape index (κ1) is 73.8. The van der Waals surface area contributed by atoms with Crippen LogP contribution in [0.3, 0.4) is 0 Å². The zero-order valence-electron chi connectivity index (χ0n) is 46.2. The van der Waals surface area contributed by atoms with Gasteiger partial charge in [0.15, 0.2) is 0 Å². The van der Waals surface area contributed by atoms with E-state index in [2.05, 4.69) is 170 Å². The average Bonchev–Trinajstić information content (AvgIpc) is 3.35. The molecule has 3 aromatic carbocycles. The summed E-state index contributed by atoms with van der Waals surface area (Å²) in [7, 11) is 0. The van der Waals surface area contributed by atoms with E-state index >= 15 is 0 Å². The number of hydrogen-bond donors (Lipinski definition) is 2. The second kappa shape index (κ2) is 52.2. The first-order chi connectivity index (χ1) is 32.3. The van der Waals surface area contributed by atoms with Crippen molar-refractivity contribution in [2.24, 2.45) is 11.7 Å². The molecule has 0 fully saturated rings. The van der Waals surface area contributed by atoms with Gasteiger partial charge < -0.3 is 11.1 Å². The van der Waals surface area contributed by atoms with Crippen LogP contribution in [-0.2, 0) is 6.42 Å². The van der Waals surface area contributed by atoms with Crippen LogP contribution in [0.15, 0.2) is 187 Å². The maximum absolute atomic E-state index is 8.20. The van der Waals surface area contributed by atoms with Crippen LogP contribution >= 0.6 is 0 Å². The van der Waals surface area contributed by atoms with Crippen molar-refractivity contribution in [2.75, 3.05) is 0 Å². The van der Waals surface area contributed by atoms with Gasteiger partial charge in [0.25, 0.3) is 0 Å². The van der Waals surface area contributed by atoms with Gasteiger partial charge in [-0.3, -0.25) is 0 Å². The second-order valence-corrected chi connectivity index (χ2v) is 14.6. The molecule has 0 spiro atoms. The summed E-state index contributed by atoms with van der Waals surface area (Å²) in [5.41, 5.74) is 14.9. The molecule has 2 nitrogen and oxygen atoms in total. The number of allylic oxidation sites excluding steroid dienone is 22. The largest absolute Gasteiger partial charge is 0.325 e. The van der Waals surface area contributed by atoms with Gasteiger partial charge in [-0.25, -0.2) is 0 Å². The fourth-order valence-corrected chi connectivity index (χ4v) is 5.65. The van der Waals surface area contributed by atoms with E-state index < -0.39 is 0 Å². The molecule has 0 saturated carbocycles. The van der Waals surface area contributed by atoms with Crippen molar-refractivity contribution >= 4 is 32.8 Å². The van der Waals surface area contributed by atoms with Crippen molar-refractivity contribution in [3.8, 4) is 12.8 Å². The predicted octanol–water partition coefficient (Wildman–Crippen LogP) is 21.1. The number of nitrogens with one attached hydrogen (secondary N) is 1. The van der Waals surface area contributed by atoms with Crippen LogP contribution in [0, 0.1) is 24.2 Å². The van der Waals surface area contributed by atoms with Gasteiger partial charge in [0.2, 0.25) is 0 Å². The van der Waals surface area contributed by atoms with Crippen LogP contribution in [0.2, 0.25) is 0 Å². The van der Waals surface area contributed by atoms with E-state index in [0.29, 0.717) is 12.1 Å². The molecule has 2 heteroatoms. The van der Waals surface area contributed by atoms with Gasteiger partial charge in [-0.15, -0.1) is 12.8 Å². The summed E-state index contributed by atoms with van der Waals surface area (Å²) in [6.45, 7) is 43.1. The molecule has 0 bridgehead atoms. The number of rotatable bonds is 15. The lowest BCUT2D eigenvalue weighted by Gasteiger charge is -2.18. The van der Waals surface area contributed by atoms with E-state index in [4.69, 9.17) is 11.1 Å². The minimum Gasteiger partial charge on any atom is -0.325 e. The molecule has 376 valence electrons. The molecule has 3 rings (SSSR count). The van der Waals surface area contributed by atoms with Gasteiger partial charge in [0, 0.05) is 18.2 Å². The van der Waals surface area contributed by atoms with Crippen LogP contribution in [0.5, 0.6) is 0 Å². The van der Waals surface area contributed by atoms with Crippen molar-refractivity contribution in [1.29, 1.82) is 5.41 Å². The first-order valence-electron chi connectivity index (χ1n) is 24.7. The zero-order chi connectivity index (χ0) is 52.6. The fraction of sp³-hybridized carbons (Fsp3) is 0.379. The van der Waals surface area contributed by atoms with Gasteiger partial charge in [-0.05, 0) is 150 Å². The van der Waals surface area contributed by atoms with Crippen molar-refractivity contribution in [3.05, 3.63) is 198 Å². The Hall–Kier alpha value is -5.75. The lowest BCUT2D eigenvalue weighted by Crippen LogP contribution is -2.10. The molecule has 0 radical (unpaired) electrons. The number of hydrogen-bond acceptors (Lipinski definition) is 2. The summed E-state index contributed by atoms with van der Waals surface area (Å²) in [5.74, 6) is 0.177. The number of terminal acetylenes is 1. The predicted molar refractivity (Wildman–Crippen MR) is 323 cm³/mol. The quantitative estimate of drug-likeness (QED) is 0.0515. The molecule has 0 amide bonds. The Morgan fingerprint density at radius 2 is 1.10 bits per heavy atom. The van der Waals surface area contributed by atoms with Gasteiger partial charge in [0.1, 0.15) is 0 Å². The van der Waals surface area contributed by atoms with E-state index in [-0.39, 0.29) is 19.4 Å². The van der Waals surface area contributed by atoms with Crippen LogP contribution in [0.25, 0.3) is 27.1 Å². The Bertz CT molecular complexity index is 2030. The molecule has 3 aromatic rings. The standard InChI is InChI=1S/C41H48N2.C8H14.2C4H8.3C2H6.C2H2.CH4/c1-7-9-11-12-21-36-37-22-13-15-24-39(37)41(40-25-16-14-23-38(36)40)34(19-10-8-2)29-30(3)28-32(5)31(4)26-27-35(43)20-17-18-33(6)42;1-5-6-8(4)7(2)3;2*1-3-4-2;4*1-2;/h7,9-19,22-30,33,43H,4,8,20-21,42H2,1-3,5-6H3;5-6H,1-4H3;2*3-4H,1-2H3;3*1-2H3;1-2H;1H4/b9-7-,12-11-,18-17-,19-10-,27-26-,32-28+,34-29+,43-35?;6-5-;2*4-3-;;;;;. The van der Waals surface area contributed by atoms with E-state index in [1.807, 2.05) is 139 Å². The van der Waals surface area contributed by atoms with E-state index in [9.17, 15) is 0 Å². The van der Waals surface area contributed by atoms with Crippen molar-refractivity contribution in [3.63, 3.8) is 0 Å². The van der Waals surface area contributed by atoms with Crippen LogP contribution in [0.1, 0.15) is 163 Å². The molecule has 0 aromatic heterocycles. The SMILES string of the molecule is C.C#C.C/C=C\C.C/C=C\C.C/C=C\C(C)=C(C)C.C=C(/C=C\C(=N)C/C=C\C(C)N)/C(C)=C/C(C)/C=C(\C=C/CC)c1c2ccccc2c(C/C=C\C=C/C)c2ccccc12.CC.CC.CC. The summed E-state index contributed by atoms with van der Waals surface area (Å²) in [4.78, 5) is 0. The highest BCUT2D eigenvalue weighted by Gasteiger charge is 2.15. The topological polar surface area (TPSA) is 49.9 Å². The van der Waals surface area contributed by atoms with Gasteiger partial charge in [-0.1, -0.05) is 232 Å². The second-order valence-electron chi connectivity index (χ2n) is 14.6. The third-order valence-corrected chi connectivity index (χ3v) is 9.22. The summed E-state index contributed by atoms with van der Waals surface area (Å²) >= 11 is 0. The van der Waals surface area contributed by atoms with E-state index in [0.717, 1.165) is 24.0 Å². The normalized spacial score (nSPS) is 12.0. The zero-order valence-corrected chi connectivity index (χ0v) is 46.2. The molecule has 3 N–H and O–H groups in total. The summed E-state index contributed by atoms with van der Waals surface area (Å²) < 4.78 is 0. The van der Waals surface area contributed by atoms with Crippen LogP contribution < -0.4 is 5.73 Å². The summed E-state index contributed by atoms with van der Waals surface area (Å²) in [6, 6.07) is 17.6. The minimum atomic E-state index is 0. The summed E-state index contributed by atoms with van der Waals surface area (Å²) in [6.07, 6.45) is 47.9. The minimum absolute atomic E-state index is 0. The molecule has 0 heterocycles. The number of benzene rings is 3. The Morgan fingerprint density at radius 1 is 0.632 bits per heavy atom. The molecular weight excluding hydrogens is 821 g/mol. The lowest BCUT2D eigenvalue weighted by atomic mass is 9.86. The third kappa shape index (κ3) is 34.5. The fourth-order valence-electron chi connectivity index (χ4n) is 5.65. The third-order valence-electron chi connectivity index (χ3n) is 9.22. The molecular formula is C66H102N2. The van der Waals surface area contributed by atoms with E-state index in [1.165, 1.54) is 49.4 Å². The van der Waals surface area contributed by atoms with Gasteiger partial charge in [0.05, 0.1) is 0 Å². The average molecular weight is 924 g/mol. The van der Waals surface area contributed by atoms with Crippen molar-refractivity contribution < 1.29 is 0 Å². The van der Waals surface area contributed by atoms with Crippen LogP contribution in [-0.4, -0.2) is 11.8 Å². The highest BCUT2D eigenvalue weighted by molar-refractivity contribution is 6.13. The monoisotopic (exact) mass is 923 g/mol. The van der Waals surface area contributed by atoms with E-state index in [1.54, 1.807) is 0 Å². The number of fused-ring (bicyclic) bond motifs is 2. The molecule has 2 atom stereocenters. The van der Waals surface area contributed by atoms with Crippen molar-refractivity contribution in [2.45, 2.75) is 164 Å². The summed E-state index contributed by atoms with van der Waals surface area (Å²) in [5, 5.41) is 13.4. The lowest BCUT2D eigenvalue weighted by molar-refractivity contribution is 0.922. The van der Waals surface area contributed by atoms with Gasteiger partial charge in [-0.2, -0.15) is 0 Å². The smallest absolute Gasteiger partial charge is 0.0351 e. The molecule has 0 saturated heterocycles. The first-order valence-corrected chi connectivity index (χ1v) is 24.7. The molecule has 0 aliphatic heterocycles. The van der Waals surface area contributed by atoms with Crippen molar-refractivity contribution in [1.82, 2.24) is 0 Å².